The molecular formula is C12H12Cl2N2OS. The first-order valence-corrected chi connectivity index (χ1v) is 7.22. The number of alkyl halides is 1. The average Bonchev–Trinajstić information content (AvgIpc) is 2.77. The van der Waals surface area contributed by atoms with Crippen LogP contribution >= 0.6 is 34.5 Å². The molecule has 0 atom stereocenters. The number of aryl methyl sites for hydroxylation is 1. The maximum absolute atomic E-state index is 5.92. The van der Waals surface area contributed by atoms with Gasteiger partial charge in [-0.2, -0.15) is 0 Å². The van der Waals surface area contributed by atoms with Gasteiger partial charge in [-0.15, -0.1) is 22.9 Å². The van der Waals surface area contributed by atoms with E-state index < -0.39 is 0 Å². The second-order valence-electron chi connectivity index (χ2n) is 3.71. The zero-order valence-electron chi connectivity index (χ0n) is 9.82. The van der Waals surface area contributed by atoms with Crippen molar-refractivity contribution in [3.63, 3.8) is 0 Å². The molecule has 2 aromatic heterocycles. The van der Waals surface area contributed by atoms with Crippen LogP contribution in [0.3, 0.4) is 0 Å². The molecule has 18 heavy (non-hydrogen) atoms. The highest BCUT2D eigenvalue weighted by atomic mass is 35.5. The van der Waals surface area contributed by atoms with Crippen LogP contribution in [0.2, 0.25) is 5.02 Å². The first-order chi connectivity index (χ1) is 8.70. The molecule has 2 aromatic rings. The molecule has 0 N–H and O–H groups in total. The summed E-state index contributed by atoms with van der Waals surface area (Å²) in [5, 5.41) is 0.565. The lowest BCUT2D eigenvalue weighted by molar-refractivity contribution is 0.310. The summed E-state index contributed by atoms with van der Waals surface area (Å²) >= 11 is 13.3. The van der Waals surface area contributed by atoms with E-state index in [9.17, 15) is 0 Å². The molecule has 6 heteroatoms. The molecule has 0 bridgehead atoms. The first-order valence-electron chi connectivity index (χ1n) is 5.43. The van der Waals surface area contributed by atoms with Crippen molar-refractivity contribution >= 4 is 34.5 Å². The standard InChI is InChI=1S/C12H12Cl2N2OS/c1-8-11(18-7-16-8)2-3-17-12-4-9(5-13)10(14)6-15-12/h4,6-7H,2-3,5H2,1H3. The van der Waals surface area contributed by atoms with Gasteiger partial charge in [-0.3, -0.25) is 0 Å². The summed E-state index contributed by atoms with van der Waals surface area (Å²) in [6.45, 7) is 2.57. The van der Waals surface area contributed by atoms with E-state index in [4.69, 9.17) is 27.9 Å². The molecule has 0 spiro atoms. The van der Waals surface area contributed by atoms with Gasteiger partial charge in [0.15, 0.2) is 0 Å². The van der Waals surface area contributed by atoms with E-state index in [0.29, 0.717) is 23.4 Å². The minimum atomic E-state index is 0.353. The summed E-state index contributed by atoms with van der Waals surface area (Å²) in [5.41, 5.74) is 3.74. The molecule has 0 saturated carbocycles. The van der Waals surface area contributed by atoms with Crippen LogP contribution in [0.1, 0.15) is 16.1 Å². The molecule has 0 aromatic carbocycles. The average molecular weight is 303 g/mol. The normalized spacial score (nSPS) is 10.6. The van der Waals surface area contributed by atoms with Gasteiger partial charge in [0.05, 0.1) is 22.8 Å². The van der Waals surface area contributed by atoms with Gasteiger partial charge in [0.1, 0.15) is 0 Å². The Balaban J connectivity index is 1.92. The molecule has 96 valence electrons. The number of ether oxygens (including phenoxy) is 1. The van der Waals surface area contributed by atoms with Gasteiger partial charge < -0.3 is 4.74 Å². The van der Waals surface area contributed by atoms with Gasteiger partial charge in [0.2, 0.25) is 5.88 Å². The molecule has 2 heterocycles. The SMILES string of the molecule is Cc1ncsc1CCOc1cc(CCl)c(Cl)cn1. The third-order valence-corrected chi connectivity index (χ3v) is 4.10. The van der Waals surface area contributed by atoms with Crippen molar-refractivity contribution in [1.82, 2.24) is 9.97 Å². The van der Waals surface area contributed by atoms with E-state index in [2.05, 4.69) is 9.97 Å². The van der Waals surface area contributed by atoms with E-state index in [-0.39, 0.29) is 0 Å². The van der Waals surface area contributed by atoms with Crippen LogP contribution in [-0.2, 0) is 12.3 Å². The van der Waals surface area contributed by atoms with Gasteiger partial charge >= 0.3 is 0 Å². The van der Waals surface area contributed by atoms with Crippen LogP contribution < -0.4 is 4.74 Å². The van der Waals surface area contributed by atoms with Gasteiger partial charge in [0.25, 0.3) is 0 Å². The highest BCUT2D eigenvalue weighted by Gasteiger charge is 2.05. The molecule has 0 amide bonds. The quantitative estimate of drug-likeness (QED) is 0.787. The minimum Gasteiger partial charge on any atom is -0.477 e. The predicted octanol–water partition coefficient (Wildman–Crippen LogP) is 3.86. The smallest absolute Gasteiger partial charge is 0.213 e. The number of hydrogen-bond acceptors (Lipinski definition) is 4. The second-order valence-corrected chi connectivity index (χ2v) is 5.32. The Bertz CT molecular complexity index is 531. The lowest BCUT2D eigenvalue weighted by atomic mass is 10.3. The van der Waals surface area contributed by atoms with Crippen LogP contribution in [0, 0.1) is 6.92 Å². The number of halogens is 2. The molecular weight excluding hydrogens is 291 g/mol. The number of hydrogen-bond donors (Lipinski definition) is 0. The van der Waals surface area contributed by atoms with Gasteiger partial charge in [-0.25, -0.2) is 9.97 Å². The number of aromatic nitrogens is 2. The largest absolute Gasteiger partial charge is 0.477 e. The molecule has 0 radical (unpaired) electrons. The topological polar surface area (TPSA) is 35.0 Å². The van der Waals surface area contributed by atoms with E-state index in [0.717, 1.165) is 17.7 Å². The fraction of sp³-hybridized carbons (Fsp3) is 0.333. The summed E-state index contributed by atoms with van der Waals surface area (Å²) < 4.78 is 5.58. The summed E-state index contributed by atoms with van der Waals surface area (Å²) in [5.74, 6) is 0.906. The third-order valence-electron chi connectivity index (χ3n) is 2.48. The number of thiazole rings is 1. The summed E-state index contributed by atoms with van der Waals surface area (Å²) in [6.07, 6.45) is 2.39. The van der Waals surface area contributed by atoms with Crippen molar-refractivity contribution in [3.8, 4) is 5.88 Å². The fourth-order valence-electron chi connectivity index (χ4n) is 1.45. The van der Waals surface area contributed by atoms with Crippen molar-refractivity contribution < 1.29 is 4.74 Å². The van der Waals surface area contributed by atoms with Crippen LogP contribution in [-0.4, -0.2) is 16.6 Å². The number of rotatable bonds is 5. The second kappa shape index (κ2) is 6.36. The monoisotopic (exact) mass is 302 g/mol. The molecule has 0 aliphatic carbocycles. The molecule has 0 saturated heterocycles. The lowest BCUT2D eigenvalue weighted by Gasteiger charge is -2.06. The van der Waals surface area contributed by atoms with Crippen molar-refractivity contribution in [2.75, 3.05) is 6.61 Å². The van der Waals surface area contributed by atoms with Crippen molar-refractivity contribution in [3.05, 3.63) is 38.9 Å². The van der Waals surface area contributed by atoms with Gasteiger partial charge in [0, 0.05) is 29.4 Å². The number of nitrogens with zero attached hydrogens (tertiary/aromatic N) is 2. The van der Waals surface area contributed by atoms with E-state index in [1.807, 2.05) is 12.4 Å². The summed E-state index contributed by atoms with van der Waals surface area (Å²) in [7, 11) is 0. The van der Waals surface area contributed by atoms with Crippen molar-refractivity contribution in [1.29, 1.82) is 0 Å². The molecule has 0 aliphatic heterocycles. The van der Waals surface area contributed by atoms with E-state index >= 15 is 0 Å². The zero-order valence-corrected chi connectivity index (χ0v) is 12.1. The van der Waals surface area contributed by atoms with E-state index in [1.54, 1.807) is 23.6 Å². The molecule has 2 rings (SSSR count). The third kappa shape index (κ3) is 3.34. The van der Waals surface area contributed by atoms with Crippen molar-refractivity contribution in [2.45, 2.75) is 19.2 Å². The van der Waals surface area contributed by atoms with Crippen molar-refractivity contribution in [2.24, 2.45) is 0 Å². The Morgan fingerprint density at radius 1 is 1.39 bits per heavy atom. The zero-order chi connectivity index (χ0) is 13.0. The Morgan fingerprint density at radius 3 is 2.89 bits per heavy atom. The van der Waals surface area contributed by atoms with Gasteiger partial charge in [-0.05, 0) is 12.5 Å². The van der Waals surface area contributed by atoms with Gasteiger partial charge in [-0.1, -0.05) is 11.6 Å². The highest BCUT2D eigenvalue weighted by Crippen LogP contribution is 2.21. The molecule has 0 unspecified atom stereocenters. The van der Waals surface area contributed by atoms with Crippen LogP contribution in [0.4, 0.5) is 0 Å². The lowest BCUT2D eigenvalue weighted by Crippen LogP contribution is -2.03. The van der Waals surface area contributed by atoms with Crippen LogP contribution in [0.5, 0.6) is 5.88 Å². The molecule has 0 aliphatic rings. The summed E-state index contributed by atoms with van der Waals surface area (Å²) in [6, 6.07) is 1.77. The van der Waals surface area contributed by atoms with E-state index in [1.165, 1.54) is 4.88 Å². The predicted molar refractivity (Wildman–Crippen MR) is 74.9 cm³/mol. The maximum atomic E-state index is 5.92. The maximum Gasteiger partial charge on any atom is 0.213 e. The Kier molecular flexibility index (Phi) is 4.80. The molecule has 0 fully saturated rings. The fourth-order valence-corrected chi connectivity index (χ4v) is 2.68. The number of pyridine rings is 1. The summed E-state index contributed by atoms with van der Waals surface area (Å²) in [4.78, 5) is 9.53. The minimum absolute atomic E-state index is 0.353. The Labute approximate surface area is 120 Å². The van der Waals surface area contributed by atoms with Crippen LogP contribution in [0.15, 0.2) is 17.8 Å². The Morgan fingerprint density at radius 2 is 2.22 bits per heavy atom. The Hall–Kier alpha value is -0.840. The highest BCUT2D eigenvalue weighted by molar-refractivity contribution is 7.09. The first kappa shape index (κ1) is 13.6. The molecule has 3 nitrogen and oxygen atoms in total. The van der Waals surface area contributed by atoms with Crippen LogP contribution in [0.25, 0.3) is 0 Å².